The van der Waals surface area contributed by atoms with Gasteiger partial charge in [-0.05, 0) is 35.9 Å². The number of aromatic nitrogens is 2. The minimum absolute atomic E-state index is 0.0509. The molecule has 0 aliphatic carbocycles. The van der Waals surface area contributed by atoms with Crippen LogP contribution in [0, 0.1) is 5.92 Å². The monoisotopic (exact) mass is 377 g/mol. The van der Waals surface area contributed by atoms with E-state index in [1.54, 1.807) is 24.3 Å². The summed E-state index contributed by atoms with van der Waals surface area (Å²) in [5.41, 5.74) is 2.22. The molecule has 1 fully saturated rings. The first kappa shape index (κ1) is 17.9. The first-order valence-electron chi connectivity index (χ1n) is 8.95. The number of nitrogens with one attached hydrogen (secondary N) is 1. The highest BCUT2D eigenvalue weighted by atomic mass is 16.5. The van der Waals surface area contributed by atoms with E-state index in [-0.39, 0.29) is 11.3 Å². The predicted octanol–water partition coefficient (Wildman–Crippen LogP) is 3.03. The third kappa shape index (κ3) is 3.79. The Labute approximate surface area is 161 Å². The van der Waals surface area contributed by atoms with Crippen molar-refractivity contribution in [1.82, 2.24) is 9.78 Å². The molecule has 1 saturated heterocycles. The average Bonchev–Trinajstić information content (AvgIpc) is 3.05. The zero-order valence-electron chi connectivity index (χ0n) is 15.0. The number of carbonyl (C=O) groups excluding carboxylic acids is 1. The largest absolute Gasteiger partial charge is 0.478 e. The van der Waals surface area contributed by atoms with Crippen LogP contribution in [0.1, 0.15) is 15.9 Å². The molecule has 2 aromatic carbocycles. The second kappa shape index (κ2) is 7.66. The maximum Gasteiger partial charge on any atom is 0.337 e. The molecular formula is C21H19N3O4. The van der Waals surface area contributed by atoms with Crippen molar-refractivity contribution in [3.05, 3.63) is 65.9 Å². The highest BCUT2D eigenvalue weighted by Gasteiger charge is 2.19. The first-order valence-corrected chi connectivity index (χ1v) is 8.95. The van der Waals surface area contributed by atoms with Gasteiger partial charge in [0.05, 0.1) is 36.2 Å². The van der Waals surface area contributed by atoms with Crippen LogP contribution in [0.15, 0.2) is 54.7 Å². The number of para-hydroxylation sites is 1. The number of benzene rings is 2. The van der Waals surface area contributed by atoms with E-state index in [4.69, 9.17) is 4.74 Å². The second-order valence-electron chi connectivity index (χ2n) is 6.72. The van der Waals surface area contributed by atoms with E-state index >= 15 is 0 Å². The summed E-state index contributed by atoms with van der Waals surface area (Å²) in [5, 5.41) is 17.2. The van der Waals surface area contributed by atoms with Crippen LogP contribution >= 0.6 is 0 Å². The van der Waals surface area contributed by atoms with Crippen molar-refractivity contribution in [3.8, 4) is 0 Å². The van der Waals surface area contributed by atoms with Gasteiger partial charge in [-0.2, -0.15) is 5.10 Å². The fraction of sp³-hybridized carbons (Fsp3) is 0.190. The normalized spacial score (nSPS) is 14.3. The van der Waals surface area contributed by atoms with Gasteiger partial charge in [0.2, 0.25) is 5.91 Å². The number of hydrogen-bond donors (Lipinski definition) is 2. The summed E-state index contributed by atoms with van der Waals surface area (Å²) in [6.45, 7) is 2.40. The van der Waals surface area contributed by atoms with Gasteiger partial charge in [-0.25, -0.2) is 4.79 Å². The molecule has 0 spiro atoms. The van der Waals surface area contributed by atoms with Crippen LogP contribution in [-0.4, -0.2) is 40.0 Å². The maximum atomic E-state index is 12.2. The van der Waals surface area contributed by atoms with Gasteiger partial charge >= 0.3 is 5.97 Å². The molecule has 2 heterocycles. The van der Waals surface area contributed by atoms with Gasteiger partial charge in [-0.1, -0.05) is 18.2 Å². The Morgan fingerprint density at radius 1 is 1.25 bits per heavy atom. The number of aromatic carboxylic acids is 1. The third-order valence-corrected chi connectivity index (χ3v) is 4.65. The van der Waals surface area contributed by atoms with E-state index < -0.39 is 11.9 Å². The Kier molecular flexibility index (Phi) is 4.90. The first-order chi connectivity index (χ1) is 13.6. The van der Waals surface area contributed by atoms with Gasteiger partial charge < -0.3 is 15.2 Å². The van der Waals surface area contributed by atoms with Crippen molar-refractivity contribution in [2.24, 2.45) is 5.92 Å². The van der Waals surface area contributed by atoms with Gasteiger partial charge in [-0.3, -0.25) is 9.48 Å². The van der Waals surface area contributed by atoms with E-state index in [0.717, 1.165) is 36.2 Å². The molecule has 3 aromatic rings. The number of fused-ring (bicyclic) bond motifs is 1. The van der Waals surface area contributed by atoms with Crippen molar-refractivity contribution in [2.45, 2.75) is 6.54 Å². The van der Waals surface area contributed by atoms with Crippen molar-refractivity contribution < 1.29 is 19.4 Å². The summed E-state index contributed by atoms with van der Waals surface area (Å²) < 4.78 is 7.19. The summed E-state index contributed by atoms with van der Waals surface area (Å²) >= 11 is 0. The topological polar surface area (TPSA) is 93.5 Å². The lowest BCUT2D eigenvalue weighted by atomic mass is 10.1. The fourth-order valence-corrected chi connectivity index (χ4v) is 3.11. The zero-order valence-corrected chi connectivity index (χ0v) is 15.0. The number of carboxylic acid groups (broad SMARTS) is 1. The molecule has 0 atom stereocenters. The molecular weight excluding hydrogens is 358 g/mol. The van der Waals surface area contributed by atoms with Crippen LogP contribution in [0.4, 0.5) is 5.69 Å². The van der Waals surface area contributed by atoms with Gasteiger partial charge in [0.25, 0.3) is 0 Å². The summed E-state index contributed by atoms with van der Waals surface area (Å²) in [5.74, 6) is -0.967. The smallest absolute Gasteiger partial charge is 0.337 e. The highest BCUT2D eigenvalue weighted by molar-refractivity contribution is 6.06. The van der Waals surface area contributed by atoms with Crippen LogP contribution in [0.5, 0.6) is 0 Å². The molecule has 4 rings (SSSR count). The molecule has 0 radical (unpaired) electrons. The zero-order chi connectivity index (χ0) is 19.5. The lowest BCUT2D eigenvalue weighted by Gasteiger charge is -2.25. The van der Waals surface area contributed by atoms with Crippen molar-refractivity contribution in [3.63, 3.8) is 0 Å². The molecule has 2 N–H and O–H groups in total. The number of carboxylic acids is 1. The number of anilines is 1. The molecule has 1 aliphatic rings. The molecule has 7 nitrogen and oxygen atoms in total. The molecule has 142 valence electrons. The Morgan fingerprint density at radius 3 is 2.82 bits per heavy atom. The lowest BCUT2D eigenvalue weighted by molar-refractivity contribution is -0.111. The maximum absolute atomic E-state index is 12.2. The van der Waals surface area contributed by atoms with Crippen LogP contribution in [0.25, 0.3) is 17.0 Å². The fourth-order valence-electron chi connectivity index (χ4n) is 3.11. The number of rotatable bonds is 6. The van der Waals surface area contributed by atoms with E-state index in [1.165, 1.54) is 12.1 Å². The number of carbonyl (C=O) groups is 2. The molecule has 1 aliphatic heterocycles. The number of nitrogens with zero attached hydrogens (tertiary/aromatic N) is 2. The standard InChI is InChI=1S/C21H19N3O4/c25-20(23-18-4-2-1-3-17(18)21(26)27)8-6-14-5-7-19-16(9-14)10-22-24(19)11-15-12-28-13-15/h1-10,15H,11-13H2,(H,23,25)(H,26,27)/b8-6+. The van der Waals surface area contributed by atoms with E-state index in [0.29, 0.717) is 5.92 Å². The lowest BCUT2D eigenvalue weighted by Crippen LogP contribution is -2.31. The molecule has 1 aromatic heterocycles. The van der Waals surface area contributed by atoms with Crippen LogP contribution in [0.2, 0.25) is 0 Å². The van der Waals surface area contributed by atoms with Gasteiger partial charge in [-0.15, -0.1) is 0 Å². The molecule has 0 saturated carbocycles. The van der Waals surface area contributed by atoms with E-state index in [9.17, 15) is 14.7 Å². The molecule has 28 heavy (non-hydrogen) atoms. The van der Waals surface area contributed by atoms with Crippen molar-refractivity contribution in [1.29, 1.82) is 0 Å². The predicted molar refractivity (Wildman–Crippen MR) is 105 cm³/mol. The van der Waals surface area contributed by atoms with Crippen LogP contribution in [0.3, 0.4) is 0 Å². The molecule has 0 unspecified atom stereocenters. The van der Waals surface area contributed by atoms with Crippen LogP contribution in [-0.2, 0) is 16.1 Å². The number of amides is 1. The van der Waals surface area contributed by atoms with Gasteiger partial charge in [0.1, 0.15) is 0 Å². The summed E-state index contributed by atoms with van der Waals surface area (Å²) in [4.78, 5) is 23.4. The quantitative estimate of drug-likeness (QED) is 0.644. The highest BCUT2D eigenvalue weighted by Crippen LogP contribution is 2.20. The third-order valence-electron chi connectivity index (χ3n) is 4.65. The summed E-state index contributed by atoms with van der Waals surface area (Å²) in [7, 11) is 0. The van der Waals surface area contributed by atoms with Crippen molar-refractivity contribution in [2.75, 3.05) is 18.5 Å². The van der Waals surface area contributed by atoms with Gasteiger partial charge in [0, 0.05) is 23.9 Å². The Morgan fingerprint density at radius 2 is 2.07 bits per heavy atom. The SMILES string of the molecule is O=C(/C=C/c1ccc2c(cnn2CC2COC2)c1)Nc1ccccc1C(=O)O. The van der Waals surface area contributed by atoms with Crippen LogP contribution < -0.4 is 5.32 Å². The minimum Gasteiger partial charge on any atom is -0.478 e. The van der Waals surface area contributed by atoms with Crippen molar-refractivity contribution >= 4 is 34.5 Å². The summed E-state index contributed by atoms with van der Waals surface area (Å²) in [6.07, 6.45) is 4.89. The Hall–Kier alpha value is -3.45. The van der Waals surface area contributed by atoms with Gasteiger partial charge in [0.15, 0.2) is 0 Å². The number of hydrogen-bond acceptors (Lipinski definition) is 4. The Bertz CT molecular complexity index is 1070. The molecule has 1 amide bonds. The average molecular weight is 377 g/mol. The minimum atomic E-state index is -1.09. The van der Waals surface area contributed by atoms with E-state index in [1.807, 2.05) is 29.1 Å². The summed E-state index contributed by atoms with van der Waals surface area (Å²) in [6, 6.07) is 12.2. The van der Waals surface area contributed by atoms with E-state index in [2.05, 4.69) is 10.4 Å². The second-order valence-corrected chi connectivity index (χ2v) is 6.72. The Balaban J connectivity index is 1.46. The molecule has 7 heteroatoms. The number of ether oxygens (including phenoxy) is 1. The molecule has 0 bridgehead atoms.